The molecule has 0 aliphatic carbocycles. The van der Waals surface area contributed by atoms with Crippen molar-refractivity contribution in [1.82, 2.24) is 10.2 Å². The van der Waals surface area contributed by atoms with Crippen LogP contribution in [0.3, 0.4) is 0 Å². The van der Waals surface area contributed by atoms with Crippen molar-refractivity contribution in [1.29, 1.82) is 0 Å². The molecular weight excluding hydrogens is 362 g/mol. The summed E-state index contributed by atoms with van der Waals surface area (Å²) in [5.74, 6) is 0.224. The molecule has 0 bridgehead atoms. The number of hydrogen-bond acceptors (Lipinski definition) is 6. The number of rotatable bonds is 4. The van der Waals surface area contributed by atoms with Crippen LogP contribution in [0.4, 0.5) is 6.01 Å². The Kier molecular flexibility index (Phi) is 3.95. The highest BCUT2D eigenvalue weighted by molar-refractivity contribution is 9.11. The number of aromatic nitrogens is 2. The van der Waals surface area contributed by atoms with E-state index in [-0.39, 0.29) is 11.9 Å². The molecule has 5 nitrogen and oxygen atoms in total. The number of halogens is 1. The maximum absolute atomic E-state index is 11.9. The van der Waals surface area contributed by atoms with E-state index in [4.69, 9.17) is 4.42 Å². The minimum absolute atomic E-state index is 0.117. The topological polar surface area (TPSA) is 68.0 Å². The molecule has 0 radical (unpaired) electrons. The fourth-order valence-electron chi connectivity index (χ4n) is 1.53. The van der Waals surface area contributed by atoms with E-state index >= 15 is 0 Å². The number of nitrogens with one attached hydrogen (secondary N) is 1. The monoisotopic (exact) mass is 369 g/mol. The molecule has 0 saturated carbocycles. The molecule has 3 aromatic rings. The van der Waals surface area contributed by atoms with Crippen LogP contribution in [0.1, 0.15) is 20.4 Å². The third-order valence-electron chi connectivity index (χ3n) is 2.39. The van der Waals surface area contributed by atoms with Gasteiger partial charge in [-0.2, -0.15) is 0 Å². The Morgan fingerprint density at radius 2 is 2.25 bits per heavy atom. The van der Waals surface area contributed by atoms with Gasteiger partial charge in [0.1, 0.15) is 0 Å². The van der Waals surface area contributed by atoms with Crippen molar-refractivity contribution in [3.8, 4) is 0 Å². The van der Waals surface area contributed by atoms with Crippen molar-refractivity contribution in [3.63, 3.8) is 0 Å². The Morgan fingerprint density at radius 3 is 2.95 bits per heavy atom. The first-order valence-electron chi connectivity index (χ1n) is 5.62. The number of anilines is 1. The highest BCUT2D eigenvalue weighted by Crippen LogP contribution is 2.23. The van der Waals surface area contributed by atoms with E-state index in [2.05, 4.69) is 31.4 Å². The lowest BCUT2D eigenvalue weighted by Gasteiger charge is -1.96. The minimum atomic E-state index is -0.257. The number of carbonyl (C=O) groups excluding carboxylic acids is 1. The van der Waals surface area contributed by atoms with Gasteiger partial charge < -0.3 is 4.42 Å². The van der Waals surface area contributed by atoms with Crippen LogP contribution in [0.15, 0.2) is 37.8 Å². The first-order chi connectivity index (χ1) is 9.70. The second-order valence-corrected chi connectivity index (χ2v) is 7.31. The zero-order valence-corrected chi connectivity index (χ0v) is 13.2. The Morgan fingerprint density at radius 1 is 1.35 bits per heavy atom. The van der Waals surface area contributed by atoms with Gasteiger partial charge in [-0.1, -0.05) is 11.2 Å². The smallest absolute Gasteiger partial charge is 0.322 e. The molecule has 8 heteroatoms. The van der Waals surface area contributed by atoms with Gasteiger partial charge in [0.05, 0.1) is 15.1 Å². The van der Waals surface area contributed by atoms with Gasteiger partial charge in [-0.15, -0.1) is 27.8 Å². The van der Waals surface area contributed by atoms with E-state index in [0.717, 1.165) is 8.66 Å². The van der Waals surface area contributed by atoms with Crippen LogP contribution in [0.2, 0.25) is 0 Å². The highest BCUT2D eigenvalue weighted by atomic mass is 79.9. The zero-order valence-electron chi connectivity index (χ0n) is 10.00. The van der Waals surface area contributed by atoms with Gasteiger partial charge in [0, 0.05) is 4.88 Å². The van der Waals surface area contributed by atoms with E-state index in [1.165, 1.54) is 11.3 Å². The molecule has 3 heterocycles. The molecule has 0 fully saturated rings. The first kappa shape index (κ1) is 13.5. The Hall–Kier alpha value is -1.51. The fraction of sp³-hybridized carbons (Fsp3) is 0.0833. The van der Waals surface area contributed by atoms with E-state index in [1.807, 2.05) is 23.6 Å². The first-order valence-corrected chi connectivity index (χ1v) is 8.11. The van der Waals surface area contributed by atoms with E-state index in [1.54, 1.807) is 17.4 Å². The zero-order chi connectivity index (χ0) is 13.9. The number of hydrogen-bond donors (Lipinski definition) is 1. The van der Waals surface area contributed by atoms with Gasteiger partial charge >= 0.3 is 6.01 Å². The summed E-state index contributed by atoms with van der Waals surface area (Å²) in [6, 6.07) is 7.62. The molecule has 102 valence electrons. The average molecular weight is 370 g/mol. The average Bonchev–Trinajstić information content (AvgIpc) is 3.13. The summed E-state index contributed by atoms with van der Waals surface area (Å²) in [6.45, 7) is 0. The van der Waals surface area contributed by atoms with Crippen molar-refractivity contribution in [2.45, 2.75) is 6.42 Å². The summed E-state index contributed by atoms with van der Waals surface area (Å²) in [6.07, 6.45) is 0.574. The fourth-order valence-corrected chi connectivity index (χ4v) is 3.51. The van der Waals surface area contributed by atoms with Crippen molar-refractivity contribution < 1.29 is 9.21 Å². The van der Waals surface area contributed by atoms with Crippen molar-refractivity contribution in [2.75, 3.05) is 5.32 Å². The summed E-state index contributed by atoms with van der Waals surface area (Å²) in [7, 11) is 0. The Balaban J connectivity index is 1.66. The normalized spacial score (nSPS) is 10.7. The van der Waals surface area contributed by atoms with Crippen molar-refractivity contribution in [3.05, 3.63) is 49.1 Å². The summed E-state index contributed by atoms with van der Waals surface area (Å²) in [5.41, 5.74) is 0. The SMILES string of the molecule is O=C(Nc1nnc(Cc2cccs2)o1)c1ccc(Br)s1. The van der Waals surface area contributed by atoms with Crippen molar-refractivity contribution in [2.24, 2.45) is 0 Å². The maximum atomic E-state index is 11.9. The molecule has 0 unspecified atom stereocenters. The third-order valence-corrected chi connectivity index (χ3v) is 4.89. The van der Waals surface area contributed by atoms with Gasteiger partial charge in [0.2, 0.25) is 5.89 Å². The minimum Gasteiger partial charge on any atom is -0.407 e. The number of amides is 1. The molecule has 0 saturated heterocycles. The molecule has 1 amide bonds. The Labute approximate surface area is 130 Å². The molecule has 0 atom stereocenters. The van der Waals surface area contributed by atoms with Crippen LogP contribution in [0, 0.1) is 0 Å². The largest absolute Gasteiger partial charge is 0.407 e. The standard InChI is InChI=1S/C12H8BrN3O2S2/c13-9-4-3-8(20-9)11(17)14-12-16-15-10(18-12)6-7-2-1-5-19-7/h1-5H,6H2,(H,14,16,17). The van der Waals surface area contributed by atoms with Crippen LogP contribution < -0.4 is 5.32 Å². The molecule has 0 spiro atoms. The molecule has 1 N–H and O–H groups in total. The molecule has 0 aromatic carbocycles. The molecule has 3 aromatic heterocycles. The van der Waals surface area contributed by atoms with Crippen LogP contribution >= 0.6 is 38.6 Å². The Bertz CT molecular complexity index is 721. The van der Waals surface area contributed by atoms with Gasteiger partial charge in [-0.3, -0.25) is 10.1 Å². The van der Waals surface area contributed by atoms with E-state index in [9.17, 15) is 4.79 Å². The summed E-state index contributed by atoms with van der Waals surface area (Å²) in [5, 5.41) is 12.3. The van der Waals surface area contributed by atoms with Crippen molar-refractivity contribution >= 4 is 50.5 Å². The highest BCUT2D eigenvalue weighted by Gasteiger charge is 2.13. The van der Waals surface area contributed by atoms with Gasteiger partial charge in [-0.05, 0) is 39.5 Å². The van der Waals surface area contributed by atoms with Crippen LogP contribution in [0.5, 0.6) is 0 Å². The lowest BCUT2D eigenvalue weighted by Crippen LogP contribution is -2.10. The van der Waals surface area contributed by atoms with Gasteiger partial charge in [0.25, 0.3) is 5.91 Å². The molecule has 20 heavy (non-hydrogen) atoms. The predicted molar refractivity (Wildman–Crippen MR) is 81.4 cm³/mol. The molecular formula is C12H8BrN3O2S2. The second-order valence-electron chi connectivity index (χ2n) is 3.81. The second kappa shape index (κ2) is 5.86. The number of carbonyl (C=O) groups is 1. The molecule has 0 aliphatic rings. The number of nitrogens with zero attached hydrogens (tertiary/aromatic N) is 2. The third kappa shape index (κ3) is 3.14. The molecule has 0 aliphatic heterocycles. The van der Waals surface area contributed by atoms with Crippen LogP contribution in [-0.4, -0.2) is 16.1 Å². The van der Waals surface area contributed by atoms with Crippen LogP contribution in [0.25, 0.3) is 0 Å². The summed E-state index contributed by atoms with van der Waals surface area (Å²) in [4.78, 5) is 13.6. The van der Waals surface area contributed by atoms with E-state index in [0.29, 0.717) is 17.2 Å². The lowest BCUT2D eigenvalue weighted by molar-refractivity contribution is 0.102. The van der Waals surface area contributed by atoms with Gasteiger partial charge in [-0.25, -0.2) is 0 Å². The predicted octanol–water partition coefficient (Wildman–Crippen LogP) is 3.80. The summed E-state index contributed by atoms with van der Waals surface area (Å²) < 4.78 is 6.30. The summed E-state index contributed by atoms with van der Waals surface area (Å²) >= 11 is 6.28. The lowest BCUT2D eigenvalue weighted by atomic mass is 10.3. The molecule has 3 rings (SSSR count). The van der Waals surface area contributed by atoms with Crippen LogP contribution in [-0.2, 0) is 6.42 Å². The quantitative estimate of drug-likeness (QED) is 0.759. The maximum Gasteiger partial charge on any atom is 0.322 e. The van der Waals surface area contributed by atoms with E-state index < -0.39 is 0 Å². The van der Waals surface area contributed by atoms with Gasteiger partial charge in [0.15, 0.2) is 0 Å². The number of thiophene rings is 2.